The van der Waals surface area contributed by atoms with Crippen LogP contribution in [0, 0.1) is 5.92 Å². The number of piperidine rings is 1. The monoisotopic (exact) mass is 423 g/mol. The molecule has 2 N–H and O–H groups in total. The predicted molar refractivity (Wildman–Crippen MR) is 124 cm³/mol. The maximum Gasteiger partial charge on any atom is 0.410 e. The van der Waals surface area contributed by atoms with Crippen LogP contribution < -0.4 is 10.6 Å². The number of nitrogens with one attached hydrogen (secondary N) is 2. The maximum absolute atomic E-state index is 12.1. The highest BCUT2D eigenvalue weighted by Gasteiger charge is 2.26. The Morgan fingerprint density at radius 3 is 2.37 bits per heavy atom. The van der Waals surface area contributed by atoms with Crippen LogP contribution in [0.1, 0.15) is 72.6 Å². The SMILES string of the molecule is CN=C(NCC(C)CN(C)C(=O)OC(C)(C)C)NC1CCN(C2CCCCC2)CC1. The van der Waals surface area contributed by atoms with Crippen molar-refractivity contribution >= 4 is 12.1 Å². The Bertz CT molecular complexity index is 546. The Kier molecular flexibility index (Phi) is 9.72. The molecule has 2 aliphatic rings. The minimum atomic E-state index is -0.467. The molecule has 2 fully saturated rings. The molecule has 1 saturated heterocycles. The van der Waals surface area contributed by atoms with Gasteiger partial charge in [0.15, 0.2) is 5.96 Å². The normalized spacial score (nSPS) is 21.2. The van der Waals surface area contributed by atoms with Crippen LogP contribution in [0.15, 0.2) is 4.99 Å². The van der Waals surface area contributed by atoms with E-state index >= 15 is 0 Å². The van der Waals surface area contributed by atoms with Crippen molar-refractivity contribution in [2.24, 2.45) is 10.9 Å². The van der Waals surface area contributed by atoms with Crippen LogP contribution in [0.3, 0.4) is 0 Å². The van der Waals surface area contributed by atoms with Gasteiger partial charge in [-0.25, -0.2) is 4.79 Å². The van der Waals surface area contributed by atoms with Gasteiger partial charge in [-0.05, 0) is 52.4 Å². The second-order valence-electron chi connectivity index (χ2n) is 10.2. The number of carbonyl (C=O) groups excluding carboxylic acids is 1. The predicted octanol–water partition coefficient (Wildman–Crippen LogP) is 3.45. The number of ether oxygens (including phenoxy) is 1. The summed E-state index contributed by atoms with van der Waals surface area (Å²) in [4.78, 5) is 20.9. The molecule has 1 heterocycles. The largest absolute Gasteiger partial charge is 0.444 e. The Labute approximate surface area is 184 Å². The van der Waals surface area contributed by atoms with Gasteiger partial charge >= 0.3 is 6.09 Å². The van der Waals surface area contributed by atoms with Gasteiger partial charge in [0, 0.05) is 52.4 Å². The molecule has 0 bridgehead atoms. The second kappa shape index (κ2) is 11.8. The third kappa shape index (κ3) is 8.70. The zero-order valence-electron chi connectivity index (χ0n) is 20.2. The maximum atomic E-state index is 12.1. The van der Waals surface area contributed by atoms with Crippen molar-refractivity contribution in [1.29, 1.82) is 0 Å². The molecule has 7 heteroatoms. The molecule has 0 aromatic rings. The Hall–Kier alpha value is -1.50. The summed E-state index contributed by atoms with van der Waals surface area (Å²) < 4.78 is 5.43. The van der Waals surface area contributed by atoms with Gasteiger partial charge in [0.05, 0.1) is 0 Å². The molecule has 0 aromatic heterocycles. The first-order valence-electron chi connectivity index (χ1n) is 11.8. The minimum absolute atomic E-state index is 0.276. The first-order chi connectivity index (χ1) is 14.2. The zero-order chi connectivity index (χ0) is 22.1. The number of guanidine groups is 1. The van der Waals surface area contributed by atoms with Crippen LogP contribution in [0.2, 0.25) is 0 Å². The summed E-state index contributed by atoms with van der Waals surface area (Å²) in [7, 11) is 3.61. The van der Waals surface area contributed by atoms with Crippen LogP contribution >= 0.6 is 0 Å². The molecule has 0 spiro atoms. The molecule has 7 nitrogen and oxygen atoms in total. The number of rotatable bonds is 6. The molecule has 30 heavy (non-hydrogen) atoms. The fourth-order valence-corrected chi connectivity index (χ4v) is 4.46. The van der Waals surface area contributed by atoms with Gasteiger partial charge in [0.1, 0.15) is 5.60 Å². The average Bonchev–Trinajstić information content (AvgIpc) is 2.71. The Morgan fingerprint density at radius 1 is 1.17 bits per heavy atom. The lowest BCUT2D eigenvalue weighted by Crippen LogP contribution is -2.51. The summed E-state index contributed by atoms with van der Waals surface area (Å²) in [5.41, 5.74) is -0.467. The standard InChI is InChI=1S/C23H45N5O2/c1-18(17-27(6)22(29)30-23(2,3)4)16-25-21(24-5)26-19-12-14-28(15-13-19)20-10-8-7-9-11-20/h18-20H,7-17H2,1-6H3,(H2,24,25,26). The van der Waals surface area contributed by atoms with E-state index in [1.807, 2.05) is 27.8 Å². The van der Waals surface area contributed by atoms with Gasteiger partial charge in [-0.15, -0.1) is 0 Å². The van der Waals surface area contributed by atoms with Gasteiger partial charge in [-0.3, -0.25) is 4.99 Å². The lowest BCUT2D eigenvalue weighted by atomic mass is 9.92. The zero-order valence-corrected chi connectivity index (χ0v) is 20.2. The van der Waals surface area contributed by atoms with E-state index in [4.69, 9.17) is 4.74 Å². The molecule has 1 aliphatic carbocycles. The third-order valence-corrected chi connectivity index (χ3v) is 6.09. The van der Waals surface area contributed by atoms with Gasteiger partial charge in [0.2, 0.25) is 0 Å². The highest BCUT2D eigenvalue weighted by Crippen LogP contribution is 2.25. The molecule has 0 aromatic carbocycles. The fraction of sp³-hybridized carbons (Fsp3) is 0.913. The van der Waals surface area contributed by atoms with Crippen molar-refractivity contribution in [2.75, 3.05) is 40.3 Å². The van der Waals surface area contributed by atoms with Crippen LogP contribution in [0.5, 0.6) is 0 Å². The van der Waals surface area contributed by atoms with Gasteiger partial charge < -0.3 is 25.2 Å². The van der Waals surface area contributed by atoms with Crippen LogP contribution in [0.4, 0.5) is 4.79 Å². The summed E-state index contributed by atoms with van der Waals surface area (Å²) in [6.45, 7) is 11.6. The molecule has 174 valence electrons. The molecule has 0 radical (unpaired) electrons. The number of hydrogen-bond donors (Lipinski definition) is 2. The topological polar surface area (TPSA) is 69.2 Å². The molecule has 1 saturated carbocycles. The first kappa shape index (κ1) is 24.8. The quantitative estimate of drug-likeness (QED) is 0.506. The summed E-state index contributed by atoms with van der Waals surface area (Å²) in [6, 6.07) is 1.30. The number of amides is 1. The lowest BCUT2D eigenvalue weighted by molar-refractivity contribution is 0.0278. The van der Waals surface area contributed by atoms with Crippen LogP contribution in [0.25, 0.3) is 0 Å². The summed E-state index contributed by atoms with van der Waals surface area (Å²) >= 11 is 0. The van der Waals surface area contributed by atoms with E-state index in [1.165, 1.54) is 58.0 Å². The minimum Gasteiger partial charge on any atom is -0.444 e. The van der Waals surface area contributed by atoms with Gasteiger partial charge in [0.25, 0.3) is 0 Å². The second-order valence-corrected chi connectivity index (χ2v) is 10.2. The van der Waals surface area contributed by atoms with E-state index in [2.05, 4.69) is 27.4 Å². The third-order valence-electron chi connectivity index (χ3n) is 6.09. The van der Waals surface area contributed by atoms with Crippen molar-refractivity contribution < 1.29 is 9.53 Å². The van der Waals surface area contributed by atoms with Gasteiger partial charge in [-0.1, -0.05) is 26.2 Å². The summed E-state index contributed by atoms with van der Waals surface area (Å²) in [5.74, 6) is 1.15. The number of hydrogen-bond acceptors (Lipinski definition) is 4. The lowest BCUT2D eigenvalue weighted by Gasteiger charge is -2.39. The number of likely N-dealkylation sites (tertiary alicyclic amines) is 1. The number of aliphatic imine (C=N–C) groups is 1. The summed E-state index contributed by atoms with van der Waals surface area (Å²) in [6.07, 6.45) is 9.07. The first-order valence-corrected chi connectivity index (χ1v) is 11.8. The molecule has 2 rings (SSSR count). The Balaban J connectivity index is 1.67. The van der Waals surface area contributed by atoms with Crippen LogP contribution in [-0.4, -0.2) is 79.8 Å². The molecule has 1 unspecified atom stereocenters. The van der Waals surface area contributed by atoms with E-state index < -0.39 is 5.60 Å². The van der Waals surface area contributed by atoms with Crippen molar-refractivity contribution in [2.45, 2.75) is 90.3 Å². The highest BCUT2D eigenvalue weighted by molar-refractivity contribution is 5.80. The number of nitrogens with zero attached hydrogens (tertiary/aromatic N) is 3. The molecular weight excluding hydrogens is 378 g/mol. The van der Waals surface area contributed by atoms with Crippen LogP contribution in [-0.2, 0) is 4.74 Å². The fourth-order valence-electron chi connectivity index (χ4n) is 4.46. The highest BCUT2D eigenvalue weighted by atomic mass is 16.6. The summed E-state index contributed by atoms with van der Waals surface area (Å²) in [5, 5.41) is 7.03. The average molecular weight is 424 g/mol. The van der Waals surface area contributed by atoms with Crippen molar-refractivity contribution in [1.82, 2.24) is 20.4 Å². The van der Waals surface area contributed by atoms with Gasteiger partial charge in [-0.2, -0.15) is 0 Å². The van der Waals surface area contributed by atoms with E-state index in [0.717, 1.165) is 18.5 Å². The molecule has 1 atom stereocenters. The van der Waals surface area contributed by atoms with E-state index in [9.17, 15) is 4.79 Å². The van der Waals surface area contributed by atoms with E-state index in [0.29, 0.717) is 12.6 Å². The molecule has 1 amide bonds. The van der Waals surface area contributed by atoms with Crippen molar-refractivity contribution in [3.8, 4) is 0 Å². The van der Waals surface area contributed by atoms with Crippen molar-refractivity contribution in [3.63, 3.8) is 0 Å². The van der Waals surface area contributed by atoms with Crippen molar-refractivity contribution in [3.05, 3.63) is 0 Å². The smallest absolute Gasteiger partial charge is 0.410 e. The molecule has 1 aliphatic heterocycles. The van der Waals surface area contributed by atoms with E-state index in [-0.39, 0.29) is 12.0 Å². The van der Waals surface area contributed by atoms with E-state index in [1.54, 1.807) is 11.9 Å². The Morgan fingerprint density at radius 2 is 1.80 bits per heavy atom. The number of carbonyl (C=O) groups is 1. The molecular formula is C23H45N5O2.